The number of anilines is 2. The normalized spacial score (nSPS) is 16.8. The van der Waals surface area contributed by atoms with E-state index in [9.17, 15) is 9.59 Å². The van der Waals surface area contributed by atoms with Gasteiger partial charge in [-0.05, 0) is 49.1 Å². The van der Waals surface area contributed by atoms with Crippen molar-refractivity contribution in [3.63, 3.8) is 0 Å². The third-order valence-corrected chi connectivity index (χ3v) is 5.42. The zero-order valence-electron chi connectivity index (χ0n) is 15.3. The standard InChI is InChI=1S/C21H23ClN2O2/c1-4-15-8-5-7-13(2)20(15)23-21(26)16-11-19(25)24(12-16)18-10-6-9-17(22)14(18)3/h5-10,16H,4,11-12H2,1-3H3,(H,23,26). The summed E-state index contributed by atoms with van der Waals surface area (Å²) in [5, 5.41) is 3.67. The summed E-state index contributed by atoms with van der Waals surface area (Å²) in [5.41, 5.74) is 4.64. The molecule has 2 aromatic rings. The number of hydrogen-bond donors (Lipinski definition) is 1. The van der Waals surface area contributed by atoms with Gasteiger partial charge in [0.2, 0.25) is 11.8 Å². The van der Waals surface area contributed by atoms with Crippen LogP contribution in [0.3, 0.4) is 0 Å². The molecule has 5 heteroatoms. The summed E-state index contributed by atoms with van der Waals surface area (Å²) < 4.78 is 0. The maximum atomic E-state index is 12.8. The van der Waals surface area contributed by atoms with Gasteiger partial charge < -0.3 is 10.2 Å². The van der Waals surface area contributed by atoms with Crippen molar-refractivity contribution in [2.24, 2.45) is 5.92 Å². The molecule has 1 aliphatic heterocycles. The van der Waals surface area contributed by atoms with Crippen LogP contribution in [0, 0.1) is 19.8 Å². The molecule has 1 atom stereocenters. The van der Waals surface area contributed by atoms with Crippen molar-refractivity contribution in [2.75, 3.05) is 16.8 Å². The van der Waals surface area contributed by atoms with Gasteiger partial charge in [-0.1, -0.05) is 42.8 Å². The Morgan fingerprint density at radius 2 is 1.96 bits per heavy atom. The van der Waals surface area contributed by atoms with E-state index in [1.807, 2.05) is 44.2 Å². The first-order valence-corrected chi connectivity index (χ1v) is 9.25. The van der Waals surface area contributed by atoms with Crippen molar-refractivity contribution in [2.45, 2.75) is 33.6 Å². The van der Waals surface area contributed by atoms with Crippen LogP contribution in [0.25, 0.3) is 0 Å². The van der Waals surface area contributed by atoms with Crippen molar-refractivity contribution >= 4 is 34.8 Å². The van der Waals surface area contributed by atoms with Gasteiger partial charge in [0.1, 0.15) is 0 Å². The van der Waals surface area contributed by atoms with E-state index in [1.165, 1.54) is 0 Å². The van der Waals surface area contributed by atoms with Crippen molar-refractivity contribution in [1.29, 1.82) is 0 Å². The first-order chi connectivity index (χ1) is 12.4. The van der Waals surface area contributed by atoms with Crippen LogP contribution >= 0.6 is 11.6 Å². The third kappa shape index (κ3) is 3.47. The van der Waals surface area contributed by atoms with Gasteiger partial charge in [0, 0.05) is 29.4 Å². The van der Waals surface area contributed by atoms with E-state index in [0.29, 0.717) is 11.6 Å². The Balaban J connectivity index is 1.79. The summed E-state index contributed by atoms with van der Waals surface area (Å²) in [6, 6.07) is 11.5. The molecule has 136 valence electrons. The maximum Gasteiger partial charge on any atom is 0.229 e. The van der Waals surface area contributed by atoms with Gasteiger partial charge in [-0.15, -0.1) is 0 Å². The summed E-state index contributed by atoms with van der Waals surface area (Å²) in [4.78, 5) is 27.0. The van der Waals surface area contributed by atoms with E-state index in [1.54, 1.807) is 11.0 Å². The van der Waals surface area contributed by atoms with Crippen molar-refractivity contribution in [1.82, 2.24) is 0 Å². The Morgan fingerprint density at radius 1 is 1.23 bits per heavy atom. The maximum absolute atomic E-state index is 12.8. The van der Waals surface area contributed by atoms with Gasteiger partial charge in [0.25, 0.3) is 0 Å². The van der Waals surface area contributed by atoms with E-state index in [2.05, 4.69) is 12.2 Å². The highest BCUT2D eigenvalue weighted by molar-refractivity contribution is 6.31. The first-order valence-electron chi connectivity index (χ1n) is 8.87. The predicted octanol–water partition coefficient (Wildman–Crippen LogP) is 4.51. The largest absolute Gasteiger partial charge is 0.325 e. The first kappa shape index (κ1) is 18.5. The Morgan fingerprint density at radius 3 is 2.69 bits per heavy atom. The summed E-state index contributed by atoms with van der Waals surface area (Å²) in [6.45, 7) is 6.31. The molecule has 2 amide bonds. The molecule has 4 nitrogen and oxygen atoms in total. The third-order valence-electron chi connectivity index (χ3n) is 5.01. The number of rotatable bonds is 4. The Bertz CT molecular complexity index is 863. The number of carbonyl (C=O) groups excluding carboxylic acids is 2. The predicted molar refractivity (Wildman–Crippen MR) is 106 cm³/mol. The number of para-hydroxylation sites is 1. The SMILES string of the molecule is CCc1cccc(C)c1NC(=O)C1CC(=O)N(c2cccc(Cl)c2C)C1. The molecule has 1 unspecified atom stereocenters. The summed E-state index contributed by atoms with van der Waals surface area (Å²) in [7, 11) is 0. The molecule has 1 fully saturated rings. The van der Waals surface area contributed by atoms with Gasteiger partial charge in [0.15, 0.2) is 0 Å². The van der Waals surface area contributed by atoms with Crippen LogP contribution in [0.15, 0.2) is 36.4 Å². The molecular formula is C21H23ClN2O2. The van der Waals surface area contributed by atoms with E-state index in [4.69, 9.17) is 11.6 Å². The molecule has 0 saturated carbocycles. The molecule has 1 N–H and O–H groups in total. The fourth-order valence-electron chi connectivity index (χ4n) is 3.43. The Labute approximate surface area is 159 Å². The van der Waals surface area contributed by atoms with Crippen LogP contribution in [0.2, 0.25) is 5.02 Å². The lowest BCUT2D eigenvalue weighted by atomic mass is 10.0. The molecule has 0 aliphatic carbocycles. The smallest absolute Gasteiger partial charge is 0.229 e. The van der Waals surface area contributed by atoms with Crippen LogP contribution in [0.4, 0.5) is 11.4 Å². The number of aryl methyl sites for hydroxylation is 2. The minimum Gasteiger partial charge on any atom is -0.325 e. The number of hydrogen-bond acceptors (Lipinski definition) is 2. The van der Waals surface area contributed by atoms with E-state index >= 15 is 0 Å². The average molecular weight is 371 g/mol. The number of benzene rings is 2. The van der Waals surface area contributed by atoms with Gasteiger partial charge in [0.05, 0.1) is 5.92 Å². The van der Waals surface area contributed by atoms with Crippen molar-refractivity contribution < 1.29 is 9.59 Å². The zero-order chi connectivity index (χ0) is 18.8. The highest BCUT2D eigenvalue weighted by Crippen LogP contribution is 2.32. The van der Waals surface area contributed by atoms with Crippen LogP contribution in [-0.4, -0.2) is 18.4 Å². The van der Waals surface area contributed by atoms with Crippen LogP contribution in [0.1, 0.15) is 30.0 Å². The number of carbonyl (C=O) groups is 2. The monoisotopic (exact) mass is 370 g/mol. The van der Waals surface area contributed by atoms with Crippen LogP contribution < -0.4 is 10.2 Å². The number of amides is 2. The average Bonchev–Trinajstić information content (AvgIpc) is 3.00. The fraction of sp³-hybridized carbons (Fsp3) is 0.333. The van der Waals surface area contributed by atoms with Gasteiger partial charge in [-0.2, -0.15) is 0 Å². The highest BCUT2D eigenvalue weighted by atomic mass is 35.5. The van der Waals surface area contributed by atoms with E-state index in [0.717, 1.165) is 34.5 Å². The molecule has 2 aromatic carbocycles. The molecule has 1 heterocycles. The lowest BCUT2D eigenvalue weighted by Crippen LogP contribution is -2.29. The second-order valence-corrected chi connectivity index (χ2v) is 7.15. The fourth-order valence-corrected chi connectivity index (χ4v) is 3.60. The molecule has 1 saturated heterocycles. The molecular weight excluding hydrogens is 348 g/mol. The minimum atomic E-state index is -0.370. The quantitative estimate of drug-likeness (QED) is 0.860. The lowest BCUT2D eigenvalue weighted by molar-refractivity contribution is -0.122. The number of halogens is 1. The molecule has 1 aliphatic rings. The second-order valence-electron chi connectivity index (χ2n) is 6.74. The molecule has 3 rings (SSSR count). The van der Waals surface area contributed by atoms with Crippen molar-refractivity contribution in [3.05, 3.63) is 58.1 Å². The second kappa shape index (κ2) is 7.50. The number of nitrogens with one attached hydrogen (secondary N) is 1. The van der Waals surface area contributed by atoms with Crippen LogP contribution in [-0.2, 0) is 16.0 Å². The van der Waals surface area contributed by atoms with E-state index < -0.39 is 0 Å². The summed E-state index contributed by atoms with van der Waals surface area (Å²) in [5.74, 6) is -0.522. The molecule has 0 aromatic heterocycles. The molecule has 26 heavy (non-hydrogen) atoms. The zero-order valence-corrected chi connectivity index (χ0v) is 16.1. The minimum absolute atomic E-state index is 0.0454. The summed E-state index contributed by atoms with van der Waals surface area (Å²) in [6.07, 6.45) is 1.06. The Kier molecular flexibility index (Phi) is 5.33. The molecule has 0 bridgehead atoms. The highest BCUT2D eigenvalue weighted by Gasteiger charge is 2.36. The molecule has 0 radical (unpaired) electrons. The number of nitrogens with zero attached hydrogens (tertiary/aromatic N) is 1. The Hall–Kier alpha value is -2.33. The summed E-state index contributed by atoms with van der Waals surface area (Å²) >= 11 is 6.18. The van der Waals surface area contributed by atoms with Crippen LogP contribution in [0.5, 0.6) is 0 Å². The lowest BCUT2D eigenvalue weighted by Gasteiger charge is -2.20. The topological polar surface area (TPSA) is 49.4 Å². The van der Waals surface area contributed by atoms with Gasteiger partial charge >= 0.3 is 0 Å². The molecule has 0 spiro atoms. The van der Waals surface area contributed by atoms with Gasteiger partial charge in [-0.3, -0.25) is 9.59 Å². The van der Waals surface area contributed by atoms with Crippen molar-refractivity contribution in [3.8, 4) is 0 Å². The van der Waals surface area contributed by atoms with E-state index in [-0.39, 0.29) is 24.2 Å². The van der Waals surface area contributed by atoms with Gasteiger partial charge in [-0.25, -0.2) is 0 Å².